The van der Waals surface area contributed by atoms with Gasteiger partial charge < -0.3 is 14.4 Å². The molecule has 162 valence electrons. The molecule has 2 heterocycles. The highest BCUT2D eigenvalue weighted by Gasteiger charge is 2.42. The highest BCUT2D eigenvalue weighted by molar-refractivity contribution is 6.35. The average molecular weight is 421 g/mol. The molecule has 4 rings (SSSR count). The number of carbonyl (C=O) groups is 2. The molecule has 0 aliphatic carbocycles. The molecule has 6 heteroatoms. The standard InChI is InChI=1S/C25H28N2O4/c1-17(2)31-15-14-27-24(28)22(19-8-10-21(30-3)11-9-19)23(25(27)29)26-13-12-18-6-4-5-7-20(18)16-26/h4-11,17H,12-16H2,1-3H3. The van der Waals surface area contributed by atoms with Crippen LogP contribution in [0.1, 0.15) is 30.5 Å². The topological polar surface area (TPSA) is 59.1 Å². The van der Waals surface area contributed by atoms with Crippen LogP contribution in [0.5, 0.6) is 5.75 Å². The van der Waals surface area contributed by atoms with Crippen molar-refractivity contribution in [3.05, 3.63) is 70.9 Å². The van der Waals surface area contributed by atoms with Gasteiger partial charge in [0.15, 0.2) is 0 Å². The average Bonchev–Trinajstić information content (AvgIpc) is 3.03. The van der Waals surface area contributed by atoms with E-state index in [2.05, 4.69) is 12.1 Å². The fraction of sp³-hybridized carbons (Fsp3) is 0.360. The second-order valence-electron chi connectivity index (χ2n) is 8.07. The molecule has 2 aromatic rings. The van der Waals surface area contributed by atoms with Crippen LogP contribution in [0.3, 0.4) is 0 Å². The van der Waals surface area contributed by atoms with Gasteiger partial charge in [0.25, 0.3) is 11.8 Å². The molecular formula is C25H28N2O4. The van der Waals surface area contributed by atoms with Crippen LogP contribution in [0.25, 0.3) is 5.57 Å². The molecule has 0 fully saturated rings. The molecule has 0 aromatic heterocycles. The van der Waals surface area contributed by atoms with E-state index in [1.165, 1.54) is 16.0 Å². The molecule has 2 aliphatic heterocycles. The number of hydrogen-bond donors (Lipinski definition) is 0. The molecular weight excluding hydrogens is 392 g/mol. The zero-order chi connectivity index (χ0) is 22.0. The molecule has 0 bridgehead atoms. The largest absolute Gasteiger partial charge is 0.497 e. The first-order valence-corrected chi connectivity index (χ1v) is 10.7. The molecule has 2 aromatic carbocycles. The van der Waals surface area contributed by atoms with Crippen LogP contribution in [-0.2, 0) is 27.3 Å². The highest BCUT2D eigenvalue weighted by Crippen LogP contribution is 2.34. The van der Waals surface area contributed by atoms with E-state index in [9.17, 15) is 9.59 Å². The molecule has 2 amide bonds. The van der Waals surface area contributed by atoms with Gasteiger partial charge in [0, 0.05) is 13.1 Å². The maximum atomic E-state index is 13.4. The molecule has 0 saturated carbocycles. The third-order valence-electron chi connectivity index (χ3n) is 5.74. The minimum absolute atomic E-state index is 0.0416. The number of ether oxygens (including phenoxy) is 2. The third-order valence-corrected chi connectivity index (χ3v) is 5.74. The summed E-state index contributed by atoms with van der Waals surface area (Å²) in [6.07, 6.45) is 0.882. The Morgan fingerprint density at radius 1 is 0.968 bits per heavy atom. The minimum Gasteiger partial charge on any atom is -0.497 e. The first-order valence-electron chi connectivity index (χ1n) is 10.7. The van der Waals surface area contributed by atoms with Gasteiger partial charge in [-0.1, -0.05) is 36.4 Å². The number of methoxy groups -OCH3 is 1. The maximum Gasteiger partial charge on any atom is 0.277 e. The van der Waals surface area contributed by atoms with Crippen LogP contribution < -0.4 is 4.74 Å². The maximum absolute atomic E-state index is 13.4. The van der Waals surface area contributed by atoms with E-state index in [1.807, 2.05) is 55.1 Å². The number of amides is 2. The van der Waals surface area contributed by atoms with Crippen molar-refractivity contribution >= 4 is 17.4 Å². The first kappa shape index (κ1) is 21.1. The van der Waals surface area contributed by atoms with Gasteiger partial charge in [0.2, 0.25) is 0 Å². The zero-order valence-corrected chi connectivity index (χ0v) is 18.3. The summed E-state index contributed by atoms with van der Waals surface area (Å²) >= 11 is 0. The molecule has 0 atom stereocenters. The number of hydrogen-bond acceptors (Lipinski definition) is 5. The molecule has 0 N–H and O–H groups in total. The number of imide groups is 1. The summed E-state index contributed by atoms with van der Waals surface area (Å²) in [6, 6.07) is 15.6. The van der Waals surface area contributed by atoms with Crippen LogP contribution >= 0.6 is 0 Å². The lowest BCUT2D eigenvalue weighted by Crippen LogP contribution is -2.39. The summed E-state index contributed by atoms with van der Waals surface area (Å²) in [5, 5.41) is 0. The van der Waals surface area contributed by atoms with Crippen molar-refractivity contribution in [2.75, 3.05) is 26.8 Å². The Bertz CT molecular complexity index is 1010. The quantitative estimate of drug-likeness (QED) is 0.644. The lowest BCUT2D eigenvalue weighted by Gasteiger charge is -2.31. The second kappa shape index (κ2) is 8.94. The van der Waals surface area contributed by atoms with Crippen molar-refractivity contribution in [2.45, 2.75) is 32.9 Å². The summed E-state index contributed by atoms with van der Waals surface area (Å²) < 4.78 is 10.9. The van der Waals surface area contributed by atoms with E-state index in [1.54, 1.807) is 7.11 Å². The first-order chi connectivity index (χ1) is 15.0. The van der Waals surface area contributed by atoms with Crippen LogP contribution in [0.4, 0.5) is 0 Å². The van der Waals surface area contributed by atoms with Gasteiger partial charge in [0.1, 0.15) is 11.4 Å². The Morgan fingerprint density at radius 2 is 1.68 bits per heavy atom. The van der Waals surface area contributed by atoms with Crippen molar-refractivity contribution in [1.29, 1.82) is 0 Å². The number of carbonyl (C=O) groups excluding carboxylic acids is 2. The van der Waals surface area contributed by atoms with Crippen molar-refractivity contribution in [3.63, 3.8) is 0 Å². The van der Waals surface area contributed by atoms with Crippen molar-refractivity contribution in [2.24, 2.45) is 0 Å². The van der Waals surface area contributed by atoms with Gasteiger partial charge in [-0.3, -0.25) is 14.5 Å². The van der Waals surface area contributed by atoms with Crippen LogP contribution in [-0.4, -0.2) is 54.5 Å². The molecule has 0 spiro atoms. The fourth-order valence-corrected chi connectivity index (χ4v) is 4.14. The fourth-order valence-electron chi connectivity index (χ4n) is 4.14. The van der Waals surface area contributed by atoms with Gasteiger partial charge in [-0.2, -0.15) is 0 Å². The van der Waals surface area contributed by atoms with Gasteiger partial charge in [0.05, 0.1) is 31.9 Å². The molecule has 0 radical (unpaired) electrons. The predicted molar refractivity (Wildman–Crippen MR) is 118 cm³/mol. The Morgan fingerprint density at radius 3 is 2.35 bits per heavy atom. The monoisotopic (exact) mass is 420 g/mol. The summed E-state index contributed by atoms with van der Waals surface area (Å²) in [5.41, 5.74) is 4.15. The van der Waals surface area contributed by atoms with E-state index in [4.69, 9.17) is 9.47 Å². The SMILES string of the molecule is COc1ccc(C2=C(N3CCc4ccccc4C3)C(=O)N(CCOC(C)C)C2=O)cc1. The molecule has 0 saturated heterocycles. The van der Waals surface area contributed by atoms with E-state index in [0.29, 0.717) is 36.7 Å². The number of rotatable bonds is 7. The molecule has 0 unspecified atom stereocenters. The Hall–Kier alpha value is -3.12. The summed E-state index contributed by atoms with van der Waals surface area (Å²) in [4.78, 5) is 30.2. The van der Waals surface area contributed by atoms with Gasteiger partial charge >= 0.3 is 0 Å². The number of benzene rings is 2. The van der Waals surface area contributed by atoms with Crippen LogP contribution in [0.2, 0.25) is 0 Å². The lowest BCUT2D eigenvalue weighted by atomic mass is 9.98. The zero-order valence-electron chi connectivity index (χ0n) is 18.3. The molecule has 2 aliphatic rings. The van der Waals surface area contributed by atoms with E-state index < -0.39 is 0 Å². The number of nitrogens with zero attached hydrogens (tertiary/aromatic N) is 2. The van der Waals surface area contributed by atoms with Gasteiger partial charge in [-0.15, -0.1) is 0 Å². The normalized spacial score (nSPS) is 16.4. The van der Waals surface area contributed by atoms with Crippen LogP contribution in [0.15, 0.2) is 54.2 Å². The van der Waals surface area contributed by atoms with Crippen molar-refractivity contribution in [1.82, 2.24) is 9.80 Å². The van der Waals surface area contributed by atoms with E-state index >= 15 is 0 Å². The highest BCUT2D eigenvalue weighted by atomic mass is 16.5. The summed E-state index contributed by atoms with van der Waals surface area (Å²) in [6.45, 7) is 5.74. The summed E-state index contributed by atoms with van der Waals surface area (Å²) in [7, 11) is 1.60. The molecule has 6 nitrogen and oxygen atoms in total. The minimum atomic E-state index is -0.267. The summed E-state index contributed by atoms with van der Waals surface area (Å²) in [5.74, 6) is 0.190. The van der Waals surface area contributed by atoms with Crippen molar-refractivity contribution < 1.29 is 19.1 Å². The van der Waals surface area contributed by atoms with Gasteiger partial charge in [-0.05, 0) is 49.1 Å². The predicted octanol–water partition coefficient (Wildman–Crippen LogP) is 3.26. The number of fused-ring (bicyclic) bond motifs is 1. The Balaban J connectivity index is 1.69. The third kappa shape index (κ3) is 4.21. The van der Waals surface area contributed by atoms with E-state index in [0.717, 1.165) is 12.0 Å². The second-order valence-corrected chi connectivity index (χ2v) is 8.07. The van der Waals surface area contributed by atoms with Crippen molar-refractivity contribution in [3.8, 4) is 5.75 Å². The lowest BCUT2D eigenvalue weighted by molar-refractivity contribution is -0.138. The smallest absolute Gasteiger partial charge is 0.277 e. The van der Waals surface area contributed by atoms with Crippen LogP contribution in [0, 0.1) is 0 Å². The molecule has 31 heavy (non-hydrogen) atoms. The Labute approximate surface area is 183 Å². The van der Waals surface area contributed by atoms with E-state index in [-0.39, 0.29) is 24.5 Å². The Kier molecular flexibility index (Phi) is 6.09. The van der Waals surface area contributed by atoms with Gasteiger partial charge in [-0.25, -0.2) is 0 Å².